The molecule has 7 nitrogen and oxygen atoms in total. The second kappa shape index (κ2) is 9.59. The van der Waals surface area contributed by atoms with Crippen molar-refractivity contribution in [1.82, 2.24) is 0 Å². The molecule has 0 unspecified atom stereocenters. The third-order valence-electron chi connectivity index (χ3n) is 4.71. The van der Waals surface area contributed by atoms with E-state index in [0.29, 0.717) is 0 Å². The zero-order valence-corrected chi connectivity index (χ0v) is 17.1. The Morgan fingerprint density at radius 3 is 1.44 bits per heavy atom. The lowest BCUT2D eigenvalue weighted by atomic mass is 9.87. The molecule has 172 valence electrons. The van der Waals surface area contributed by atoms with Gasteiger partial charge in [0, 0.05) is 16.0 Å². The molecule has 0 amide bonds. The molecule has 2 aromatic rings. The van der Waals surface area contributed by atoms with E-state index in [0.717, 1.165) is 24.3 Å². The predicted molar refractivity (Wildman–Crippen MR) is 104 cm³/mol. The van der Waals surface area contributed by atoms with Crippen LogP contribution in [0.5, 0.6) is 0 Å². The van der Waals surface area contributed by atoms with Crippen LogP contribution >= 0.6 is 0 Å². The summed E-state index contributed by atoms with van der Waals surface area (Å²) in [6, 6.07) is 10.9. The molecule has 36 heavy (non-hydrogen) atoms. The number of nitrogens with zero attached hydrogens (tertiary/aromatic N) is 7. The first-order valence-electron chi connectivity index (χ1n) is 8.94. The van der Waals surface area contributed by atoms with Crippen molar-refractivity contribution < 1.29 is 26.3 Å². The minimum absolute atomic E-state index is 0.00806. The van der Waals surface area contributed by atoms with E-state index in [2.05, 4.69) is 0 Å². The van der Waals surface area contributed by atoms with Crippen LogP contribution < -0.4 is 10.4 Å². The van der Waals surface area contributed by atoms with Crippen LogP contribution in [0.15, 0.2) is 18.2 Å². The molecule has 0 bridgehead atoms. The van der Waals surface area contributed by atoms with E-state index < -0.39 is 67.7 Å². The number of nitriles is 7. The summed E-state index contributed by atoms with van der Waals surface area (Å²) in [7, 11) is 0. The maximum Gasteiger partial charge on any atom is 0.419 e. The van der Waals surface area contributed by atoms with Gasteiger partial charge in [-0.1, -0.05) is 12.1 Å². The lowest BCUT2D eigenvalue weighted by molar-refractivity contribution is -0.143. The molecule has 0 heterocycles. The van der Waals surface area contributed by atoms with Gasteiger partial charge in [0.15, 0.2) is 0 Å². The molecule has 0 radical (unpaired) electrons. The van der Waals surface area contributed by atoms with Crippen molar-refractivity contribution in [2.75, 3.05) is 0 Å². The SMILES string of the molecule is N#CC(C#N)=c1cc/c(=C(/C#N)c2cc(C(F)(F)F)c(C#N)c(C(F)(F)F)c2C#N)c(C#N)c1C#N. The van der Waals surface area contributed by atoms with Crippen LogP contribution in [0.3, 0.4) is 0 Å². The molecular formula is C23H3F6N7. The molecule has 2 rings (SSSR count). The summed E-state index contributed by atoms with van der Waals surface area (Å²) >= 11 is 0. The Kier molecular flexibility index (Phi) is 7.04. The van der Waals surface area contributed by atoms with E-state index in [1.54, 1.807) is 0 Å². The minimum atomic E-state index is -5.63. The Morgan fingerprint density at radius 1 is 0.583 bits per heavy atom. The van der Waals surface area contributed by atoms with E-state index in [4.69, 9.17) is 15.8 Å². The van der Waals surface area contributed by atoms with E-state index >= 15 is 0 Å². The zero-order valence-electron chi connectivity index (χ0n) is 17.1. The second-order valence-electron chi connectivity index (χ2n) is 6.54. The summed E-state index contributed by atoms with van der Waals surface area (Å²) in [4.78, 5) is 0. The van der Waals surface area contributed by atoms with E-state index in [9.17, 15) is 47.4 Å². The van der Waals surface area contributed by atoms with Crippen molar-refractivity contribution >= 4 is 11.1 Å². The molecule has 0 spiro atoms. The summed E-state index contributed by atoms with van der Waals surface area (Å²) in [5.41, 5.74) is -11.9. The van der Waals surface area contributed by atoms with Crippen LogP contribution in [0.2, 0.25) is 0 Å². The Labute approximate surface area is 197 Å². The highest BCUT2D eigenvalue weighted by atomic mass is 19.4. The number of halogens is 6. The number of rotatable bonds is 1. The van der Waals surface area contributed by atoms with Crippen molar-refractivity contribution in [3.63, 3.8) is 0 Å². The lowest BCUT2D eigenvalue weighted by Gasteiger charge is -2.19. The molecule has 0 aliphatic carbocycles. The zero-order chi connectivity index (χ0) is 27.4. The molecule has 0 saturated heterocycles. The molecule has 2 aromatic carbocycles. The van der Waals surface area contributed by atoms with Crippen molar-refractivity contribution in [1.29, 1.82) is 36.8 Å². The first-order chi connectivity index (χ1) is 16.9. The molecule has 0 saturated carbocycles. The smallest absolute Gasteiger partial charge is 0.192 e. The summed E-state index contributed by atoms with van der Waals surface area (Å²) in [6.07, 6.45) is -11.1. The van der Waals surface area contributed by atoms with Crippen LogP contribution in [-0.2, 0) is 12.4 Å². The third-order valence-corrected chi connectivity index (χ3v) is 4.71. The van der Waals surface area contributed by atoms with Crippen molar-refractivity contribution in [2.45, 2.75) is 12.4 Å². The molecular weight excluding hydrogens is 488 g/mol. The Hall–Kier alpha value is -5.81. The maximum absolute atomic E-state index is 13.8. The van der Waals surface area contributed by atoms with Crippen LogP contribution in [0.4, 0.5) is 26.3 Å². The normalized spacial score (nSPS) is 11.3. The summed E-state index contributed by atoms with van der Waals surface area (Å²) in [5.74, 6) is 0. The molecule has 0 aliphatic heterocycles. The van der Waals surface area contributed by atoms with E-state index in [1.807, 2.05) is 0 Å². The number of hydrogen-bond acceptors (Lipinski definition) is 7. The van der Waals surface area contributed by atoms with Crippen LogP contribution in [0.25, 0.3) is 11.1 Å². The quantitative estimate of drug-likeness (QED) is 0.552. The summed E-state index contributed by atoms with van der Waals surface area (Å²) < 4.78 is 82.2. The third kappa shape index (κ3) is 4.35. The van der Waals surface area contributed by atoms with Gasteiger partial charge in [0.25, 0.3) is 0 Å². The molecule has 13 heteroatoms. The van der Waals surface area contributed by atoms with Crippen LogP contribution in [-0.4, -0.2) is 0 Å². The largest absolute Gasteiger partial charge is 0.419 e. The fourth-order valence-electron chi connectivity index (χ4n) is 3.28. The highest BCUT2D eigenvalue weighted by molar-refractivity contribution is 5.84. The summed E-state index contributed by atoms with van der Waals surface area (Å²) in [5, 5.41) is 64.4. The Morgan fingerprint density at radius 2 is 1.06 bits per heavy atom. The monoisotopic (exact) mass is 491 g/mol. The van der Waals surface area contributed by atoms with E-state index in [1.165, 1.54) is 30.3 Å². The maximum atomic E-state index is 13.8. The van der Waals surface area contributed by atoms with Gasteiger partial charge >= 0.3 is 12.4 Å². The van der Waals surface area contributed by atoms with Gasteiger partial charge in [0.2, 0.25) is 0 Å². The average molecular weight is 491 g/mol. The van der Waals surface area contributed by atoms with Gasteiger partial charge in [-0.3, -0.25) is 0 Å². The topological polar surface area (TPSA) is 167 Å². The van der Waals surface area contributed by atoms with Gasteiger partial charge in [-0.15, -0.1) is 0 Å². The fourth-order valence-corrected chi connectivity index (χ4v) is 3.28. The minimum Gasteiger partial charge on any atom is -0.192 e. The molecule has 0 aromatic heterocycles. The molecule has 0 aliphatic rings. The van der Waals surface area contributed by atoms with Gasteiger partial charge in [-0.25, -0.2) is 0 Å². The number of benzene rings is 2. The first kappa shape index (κ1) is 26.4. The van der Waals surface area contributed by atoms with Crippen LogP contribution in [0.1, 0.15) is 38.9 Å². The average Bonchev–Trinajstić information content (AvgIpc) is 2.83. The summed E-state index contributed by atoms with van der Waals surface area (Å²) in [6.45, 7) is 0. The standard InChI is InChI=1S/C23H3F6N7/c24-22(25,26)20-3-14(18(9-35)21(19(20)10-36)23(27,28)29)16(7-33)13-2-1-12(11(4-30)5-31)15(6-32)17(13)8-34/h1-3H/b16-13+. The van der Waals surface area contributed by atoms with Gasteiger partial charge in [-0.2, -0.15) is 63.2 Å². The van der Waals surface area contributed by atoms with Gasteiger partial charge in [0.05, 0.1) is 39.0 Å². The molecule has 0 atom stereocenters. The highest BCUT2D eigenvalue weighted by Crippen LogP contribution is 2.43. The Bertz CT molecular complexity index is 1720. The predicted octanol–water partition coefficient (Wildman–Crippen LogP) is 3.13. The van der Waals surface area contributed by atoms with Gasteiger partial charge in [0.1, 0.15) is 48.1 Å². The second-order valence-corrected chi connectivity index (χ2v) is 6.54. The van der Waals surface area contributed by atoms with Gasteiger partial charge < -0.3 is 0 Å². The van der Waals surface area contributed by atoms with Gasteiger partial charge in [-0.05, 0) is 6.07 Å². The van der Waals surface area contributed by atoms with Crippen LogP contribution in [0, 0.1) is 79.3 Å². The van der Waals surface area contributed by atoms with E-state index in [-0.39, 0.29) is 11.3 Å². The Balaban J connectivity index is 3.42. The van der Waals surface area contributed by atoms with Crippen molar-refractivity contribution in [3.8, 4) is 42.5 Å². The lowest BCUT2D eigenvalue weighted by Crippen LogP contribution is -2.24. The number of alkyl halides is 6. The van der Waals surface area contributed by atoms with Crippen molar-refractivity contribution in [3.05, 3.63) is 67.6 Å². The highest BCUT2D eigenvalue weighted by Gasteiger charge is 2.44. The van der Waals surface area contributed by atoms with Crippen molar-refractivity contribution in [2.24, 2.45) is 0 Å². The molecule has 0 N–H and O–H groups in total. The fraction of sp³-hybridized carbons (Fsp3) is 0.0870. The molecule has 0 fully saturated rings. The first-order valence-corrected chi connectivity index (χ1v) is 8.94. The number of hydrogen-bond donors (Lipinski definition) is 0.